The first-order valence-corrected chi connectivity index (χ1v) is 7.38. The van der Waals surface area contributed by atoms with Crippen molar-refractivity contribution < 1.29 is 4.74 Å². The summed E-state index contributed by atoms with van der Waals surface area (Å²) in [6.07, 6.45) is 2.06. The Morgan fingerprint density at radius 2 is 1.32 bits per heavy atom. The van der Waals surface area contributed by atoms with E-state index in [4.69, 9.17) is 4.74 Å². The zero-order valence-electron chi connectivity index (χ0n) is 12.6. The van der Waals surface area contributed by atoms with Crippen molar-refractivity contribution in [1.82, 2.24) is 0 Å². The minimum absolute atomic E-state index is 0.843. The molecule has 22 heavy (non-hydrogen) atoms. The second-order valence-corrected chi connectivity index (χ2v) is 5.20. The highest BCUT2D eigenvalue weighted by molar-refractivity contribution is 5.78. The Hall–Kier alpha value is -2.80. The van der Waals surface area contributed by atoms with Crippen LogP contribution >= 0.6 is 0 Å². The smallest absolute Gasteiger partial charge is 0.135 e. The van der Waals surface area contributed by atoms with Gasteiger partial charge in [0.05, 0.1) is 0 Å². The molecule has 0 bridgehead atoms. The third kappa shape index (κ3) is 3.64. The van der Waals surface area contributed by atoms with Crippen molar-refractivity contribution in [3.63, 3.8) is 0 Å². The maximum absolute atomic E-state index is 6.12. The summed E-state index contributed by atoms with van der Waals surface area (Å²) in [7, 11) is 0. The second-order valence-electron chi connectivity index (χ2n) is 5.20. The van der Waals surface area contributed by atoms with Crippen LogP contribution in [0.3, 0.4) is 0 Å². The highest BCUT2D eigenvalue weighted by Crippen LogP contribution is 2.23. The van der Waals surface area contributed by atoms with E-state index in [1.807, 2.05) is 48.5 Å². The molecule has 0 unspecified atom stereocenters. The molecule has 0 N–H and O–H groups in total. The van der Waals surface area contributed by atoms with E-state index in [0.717, 1.165) is 22.6 Å². The Balaban J connectivity index is 1.96. The third-order valence-electron chi connectivity index (χ3n) is 3.40. The van der Waals surface area contributed by atoms with E-state index in [0.29, 0.717) is 0 Å². The minimum atomic E-state index is 0.843. The molecule has 0 aliphatic carbocycles. The van der Waals surface area contributed by atoms with Crippen LogP contribution in [-0.4, -0.2) is 0 Å². The van der Waals surface area contributed by atoms with Crippen LogP contribution < -0.4 is 4.74 Å². The monoisotopic (exact) mass is 286 g/mol. The zero-order chi connectivity index (χ0) is 15.2. The fourth-order valence-electron chi connectivity index (χ4n) is 2.21. The van der Waals surface area contributed by atoms with Crippen LogP contribution in [-0.2, 0) is 0 Å². The molecule has 3 aromatic carbocycles. The molecule has 0 atom stereocenters. The standard InChI is InChI=1S/C21H18O/c1-17-12-14-20(15-13-17)22-21(19-10-6-3-7-11-19)16-18-8-4-2-5-9-18/h2-16H,1H3/b21-16-. The topological polar surface area (TPSA) is 9.23 Å². The van der Waals surface area contributed by atoms with E-state index < -0.39 is 0 Å². The molecule has 0 radical (unpaired) electrons. The average molecular weight is 286 g/mol. The van der Waals surface area contributed by atoms with Crippen molar-refractivity contribution in [1.29, 1.82) is 0 Å². The summed E-state index contributed by atoms with van der Waals surface area (Å²) in [5.41, 5.74) is 3.40. The van der Waals surface area contributed by atoms with E-state index >= 15 is 0 Å². The lowest BCUT2D eigenvalue weighted by Gasteiger charge is -2.11. The van der Waals surface area contributed by atoms with Gasteiger partial charge in [0.2, 0.25) is 0 Å². The van der Waals surface area contributed by atoms with Gasteiger partial charge in [0.25, 0.3) is 0 Å². The Morgan fingerprint density at radius 3 is 1.95 bits per heavy atom. The molecule has 0 fully saturated rings. The van der Waals surface area contributed by atoms with Gasteiger partial charge in [-0.15, -0.1) is 0 Å². The largest absolute Gasteiger partial charge is 0.457 e. The van der Waals surface area contributed by atoms with Crippen LogP contribution in [0, 0.1) is 6.92 Å². The van der Waals surface area contributed by atoms with Gasteiger partial charge in [-0.3, -0.25) is 0 Å². The maximum Gasteiger partial charge on any atom is 0.135 e. The molecule has 108 valence electrons. The van der Waals surface area contributed by atoms with E-state index in [2.05, 4.69) is 49.4 Å². The molecular weight excluding hydrogens is 268 g/mol. The average Bonchev–Trinajstić information content (AvgIpc) is 2.58. The van der Waals surface area contributed by atoms with E-state index in [9.17, 15) is 0 Å². The molecule has 1 heteroatoms. The fraction of sp³-hybridized carbons (Fsp3) is 0.0476. The lowest BCUT2D eigenvalue weighted by Crippen LogP contribution is -1.95. The summed E-state index contributed by atoms with van der Waals surface area (Å²) < 4.78 is 6.12. The molecule has 0 heterocycles. The van der Waals surface area contributed by atoms with Gasteiger partial charge in [-0.2, -0.15) is 0 Å². The molecule has 3 rings (SSSR count). The van der Waals surface area contributed by atoms with Gasteiger partial charge in [0, 0.05) is 5.56 Å². The molecule has 0 amide bonds. The number of hydrogen-bond acceptors (Lipinski definition) is 1. The van der Waals surface area contributed by atoms with Crippen LogP contribution in [0.5, 0.6) is 5.75 Å². The number of aryl methyl sites for hydroxylation is 1. The number of ether oxygens (including phenoxy) is 1. The summed E-state index contributed by atoms with van der Waals surface area (Å²) >= 11 is 0. The second kappa shape index (κ2) is 6.77. The predicted molar refractivity (Wildman–Crippen MR) is 92.6 cm³/mol. The van der Waals surface area contributed by atoms with E-state index in [1.54, 1.807) is 0 Å². The fourth-order valence-corrected chi connectivity index (χ4v) is 2.21. The lowest BCUT2D eigenvalue weighted by molar-refractivity contribution is 0.518. The number of rotatable bonds is 4. The minimum Gasteiger partial charge on any atom is -0.457 e. The molecule has 0 saturated heterocycles. The lowest BCUT2D eigenvalue weighted by atomic mass is 10.1. The molecular formula is C21H18O. The van der Waals surface area contributed by atoms with Crippen LogP contribution in [0.1, 0.15) is 16.7 Å². The van der Waals surface area contributed by atoms with Crippen LogP contribution in [0.2, 0.25) is 0 Å². The number of benzene rings is 3. The highest BCUT2D eigenvalue weighted by atomic mass is 16.5. The first-order valence-electron chi connectivity index (χ1n) is 7.38. The third-order valence-corrected chi connectivity index (χ3v) is 3.40. The summed E-state index contributed by atoms with van der Waals surface area (Å²) in [4.78, 5) is 0. The van der Waals surface area contributed by atoms with Crippen molar-refractivity contribution in [3.8, 4) is 5.75 Å². The van der Waals surface area contributed by atoms with Crippen molar-refractivity contribution in [3.05, 3.63) is 102 Å². The molecule has 0 saturated carbocycles. The summed E-state index contributed by atoms with van der Waals surface area (Å²) in [6, 6.07) is 28.5. The van der Waals surface area contributed by atoms with Gasteiger partial charge in [-0.25, -0.2) is 0 Å². The Labute approximate surface area is 131 Å². The molecule has 3 aromatic rings. The Morgan fingerprint density at radius 1 is 0.727 bits per heavy atom. The van der Waals surface area contributed by atoms with Gasteiger partial charge < -0.3 is 4.74 Å². The predicted octanol–water partition coefficient (Wildman–Crippen LogP) is 5.57. The number of hydrogen-bond donors (Lipinski definition) is 0. The van der Waals surface area contributed by atoms with Gasteiger partial charge in [0.15, 0.2) is 0 Å². The van der Waals surface area contributed by atoms with Crippen LogP contribution in [0.25, 0.3) is 11.8 Å². The van der Waals surface area contributed by atoms with Gasteiger partial charge >= 0.3 is 0 Å². The van der Waals surface area contributed by atoms with E-state index in [1.165, 1.54) is 5.56 Å². The van der Waals surface area contributed by atoms with Crippen molar-refractivity contribution in [2.45, 2.75) is 6.92 Å². The van der Waals surface area contributed by atoms with Gasteiger partial charge in [0.1, 0.15) is 11.5 Å². The SMILES string of the molecule is Cc1ccc(O/C(=C\c2ccccc2)c2ccccc2)cc1. The van der Waals surface area contributed by atoms with Crippen molar-refractivity contribution >= 4 is 11.8 Å². The summed E-state index contributed by atoms with van der Waals surface area (Å²) in [5, 5.41) is 0. The molecule has 0 spiro atoms. The Kier molecular flexibility index (Phi) is 4.35. The molecule has 0 aliphatic heterocycles. The highest BCUT2D eigenvalue weighted by Gasteiger charge is 2.05. The normalized spacial score (nSPS) is 11.2. The first-order chi connectivity index (χ1) is 10.8. The summed E-state index contributed by atoms with van der Waals surface area (Å²) in [5.74, 6) is 1.69. The van der Waals surface area contributed by atoms with Crippen LogP contribution in [0.15, 0.2) is 84.9 Å². The van der Waals surface area contributed by atoms with Crippen molar-refractivity contribution in [2.24, 2.45) is 0 Å². The molecule has 1 nitrogen and oxygen atoms in total. The molecule has 0 aliphatic rings. The van der Waals surface area contributed by atoms with Crippen molar-refractivity contribution in [2.75, 3.05) is 0 Å². The van der Waals surface area contributed by atoms with Gasteiger partial charge in [-0.1, -0.05) is 78.4 Å². The first kappa shape index (κ1) is 14.2. The van der Waals surface area contributed by atoms with Gasteiger partial charge in [-0.05, 0) is 30.7 Å². The summed E-state index contributed by atoms with van der Waals surface area (Å²) in [6.45, 7) is 2.07. The zero-order valence-corrected chi connectivity index (χ0v) is 12.6. The Bertz CT molecular complexity index is 741. The quantitative estimate of drug-likeness (QED) is 0.450. The maximum atomic E-state index is 6.12. The van der Waals surface area contributed by atoms with E-state index in [-0.39, 0.29) is 0 Å². The molecule has 0 aromatic heterocycles. The van der Waals surface area contributed by atoms with Crippen LogP contribution in [0.4, 0.5) is 0 Å².